The molecule has 2 amide bonds. The number of ether oxygens (including phenoxy) is 2. The molecule has 34 heavy (non-hydrogen) atoms. The molecule has 1 unspecified atom stereocenters. The highest BCUT2D eigenvalue weighted by molar-refractivity contribution is 5.92. The summed E-state index contributed by atoms with van der Waals surface area (Å²) in [5, 5.41) is 13.4. The van der Waals surface area contributed by atoms with Crippen LogP contribution in [0.15, 0.2) is 48.1 Å². The molecule has 3 rings (SSSR count). The summed E-state index contributed by atoms with van der Waals surface area (Å²) in [5.74, 6) is -1.14. The normalized spacial score (nSPS) is 18.5. The predicted octanol–water partition coefficient (Wildman–Crippen LogP) is 2.54. The molecule has 1 aromatic rings. The second-order valence-electron chi connectivity index (χ2n) is 9.71. The maximum Gasteiger partial charge on any atom is 0.410 e. The van der Waals surface area contributed by atoms with Crippen molar-refractivity contribution in [3.8, 4) is 0 Å². The minimum Gasteiger partial charge on any atom is -0.465 e. The standard InChI is InChI=1S/C26H34N2O6/c1-26(2,3)34-25(32)28(21-13-19-7-5-6-8-20(19)14-21)16-22(29)15-27-23(30)17-9-11-18(12-10-17)24(31)33-4/h5-9,11-12,17,21-22,29H,10,13-16H2,1-4H3,(H,27,30)/t17?,22-/m1/s1. The van der Waals surface area contributed by atoms with Crippen LogP contribution >= 0.6 is 0 Å². The van der Waals surface area contributed by atoms with Crippen molar-refractivity contribution in [1.29, 1.82) is 0 Å². The summed E-state index contributed by atoms with van der Waals surface area (Å²) in [6.45, 7) is 5.46. The molecule has 0 saturated carbocycles. The van der Waals surface area contributed by atoms with E-state index in [1.807, 2.05) is 12.1 Å². The lowest BCUT2D eigenvalue weighted by Gasteiger charge is -2.33. The Morgan fingerprint density at radius 2 is 1.82 bits per heavy atom. The molecule has 0 saturated heterocycles. The molecule has 2 atom stereocenters. The lowest BCUT2D eigenvalue weighted by molar-refractivity contribution is -0.135. The summed E-state index contributed by atoms with van der Waals surface area (Å²) < 4.78 is 10.3. The summed E-state index contributed by atoms with van der Waals surface area (Å²) in [6.07, 6.45) is 5.18. The zero-order valence-electron chi connectivity index (χ0n) is 20.2. The van der Waals surface area contributed by atoms with Crippen LogP contribution in [0.2, 0.25) is 0 Å². The molecule has 8 heteroatoms. The van der Waals surface area contributed by atoms with Crippen LogP contribution in [0.1, 0.15) is 38.3 Å². The van der Waals surface area contributed by atoms with E-state index in [-0.39, 0.29) is 25.0 Å². The maximum atomic E-state index is 13.0. The van der Waals surface area contributed by atoms with E-state index in [0.717, 1.165) is 0 Å². The van der Waals surface area contributed by atoms with Gasteiger partial charge in [0.15, 0.2) is 0 Å². The van der Waals surface area contributed by atoms with E-state index in [0.29, 0.717) is 24.8 Å². The highest BCUT2D eigenvalue weighted by Crippen LogP contribution is 2.27. The minimum atomic E-state index is -0.964. The lowest BCUT2D eigenvalue weighted by atomic mass is 9.96. The van der Waals surface area contributed by atoms with Crippen molar-refractivity contribution in [2.45, 2.75) is 57.8 Å². The number of esters is 1. The maximum absolute atomic E-state index is 13.0. The minimum absolute atomic E-state index is 0.00425. The van der Waals surface area contributed by atoms with E-state index in [2.05, 4.69) is 22.2 Å². The molecule has 0 bridgehead atoms. The van der Waals surface area contributed by atoms with Crippen molar-refractivity contribution in [2.75, 3.05) is 20.2 Å². The number of methoxy groups -OCH3 is 1. The van der Waals surface area contributed by atoms with Gasteiger partial charge in [0.2, 0.25) is 5.91 Å². The third-order valence-electron chi connectivity index (χ3n) is 5.88. The number of rotatable bonds is 7. The van der Waals surface area contributed by atoms with Gasteiger partial charge in [0.1, 0.15) is 5.60 Å². The Morgan fingerprint density at radius 3 is 2.35 bits per heavy atom. The van der Waals surface area contributed by atoms with Crippen LogP contribution in [0.25, 0.3) is 0 Å². The smallest absolute Gasteiger partial charge is 0.410 e. The Hall–Kier alpha value is -3.13. The molecule has 0 aromatic heterocycles. The van der Waals surface area contributed by atoms with Crippen molar-refractivity contribution in [1.82, 2.24) is 10.2 Å². The Kier molecular flexibility index (Phi) is 8.15. The molecule has 2 aliphatic carbocycles. The number of fused-ring (bicyclic) bond motifs is 1. The van der Waals surface area contributed by atoms with Gasteiger partial charge < -0.3 is 24.8 Å². The van der Waals surface area contributed by atoms with Gasteiger partial charge in [-0.05, 0) is 51.2 Å². The summed E-state index contributed by atoms with van der Waals surface area (Å²) in [4.78, 5) is 38.7. The van der Waals surface area contributed by atoms with Gasteiger partial charge >= 0.3 is 12.1 Å². The van der Waals surface area contributed by atoms with E-state index < -0.39 is 29.7 Å². The first-order valence-corrected chi connectivity index (χ1v) is 11.6. The fourth-order valence-electron chi connectivity index (χ4n) is 4.17. The quantitative estimate of drug-likeness (QED) is 0.594. The van der Waals surface area contributed by atoms with E-state index in [9.17, 15) is 19.5 Å². The van der Waals surface area contributed by atoms with Gasteiger partial charge in [-0.2, -0.15) is 0 Å². The van der Waals surface area contributed by atoms with Crippen molar-refractivity contribution in [2.24, 2.45) is 5.92 Å². The van der Waals surface area contributed by atoms with Crippen molar-refractivity contribution in [3.63, 3.8) is 0 Å². The predicted molar refractivity (Wildman–Crippen MR) is 127 cm³/mol. The van der Waals surface area contributed by atoms with Gasteiger partial charge in [-0.3, -0.25) is 4.79 Å². The lowest BCUT2D eigenvalue weighted by Crippen LogP contribution is -2.49. The number of nitrogens with zero attached hydrogens (tertiary/aromatic N) is 1. The Morgan fingerprint density at radius 1 is 1.18 bits per heavy atom. The number of hydrogen-bond donors (Lipinski definition) is 2. The van der Waals surface area contributed by atoms with Crippen LogP contribution in [0, 0.1) is 5.92 Å². The van der Waals surface area contributed by atoms with Crippen LogP contribution in [-0.2, 0) is 31.9 Å². The summed E-state index contributed by atoms with van der Waals surface area (Å²) >= 11 is 0. The number of carbonyl (C=O) groups is 3. The third kappa shape index (κ3) is 6.70. The zero-order chi connectivity index (χ0) is 24.9. The molecule has 0 heterocycles. The molecule has 184 valence electrons. The molecule has 0 fully saturated rings. The molecule has 2 aliphatic rings. The fourth-order valence-corrected chi connectivity index (χ4v) is 4.17. The van der Waals surface area contributed by atoms with E-state index in [1.54, 1.807) is 43.9 Å². The first-order valence-electron chi connectivity index (χ1n) is 11.6. The number of hydrogen-bond acceptors (Lipinski definition) is 6. The number of aliphatic hydroxyl groups is 1. The number of nitrogens with one attached hydrogen (secondary N) is 1. The van der Waals surface area contributed by atoms with E-state index in [1.165, 1.54) is 18.2 Å². The molecule has 2 N–H and O–H groups in total. The zero-order valence-corrected chi connectivity index (χ0v) is 20.2. The highest BCUT2D eigenvalue weighted by atomic mass is 16.6. The van der Waals surface area contributed by atoms with Crippen LogP contribution in [0.4, 0.5) is 4.79 Å². The van der Waals surface area contributed by atoms with Gasteiger partial charge in [-0.1, -0.05) is 42.5 Å². The van der Waals surface area contributed by atoms with Gasteiger partial charge in [0, 0.05) is 12.6 Å². The number of allylic oxidation sites excluding steroid dienone is 1. The summed E-state index contributed by atoms with van der Waals surface area (Å²) in [5.41, 5.74) is 2.13. The summed E-state index contributed by atoms with van der Waals surface area (Å²) in [6, 6.07) is 7.94. The van der Waals surface area contributed by atoms with Crippen molar-refractivity contribution < 1.29 is 29.0 Å². The van der Waals surface area contributed by atoms with Gasteiger partial charge in [0.25, 0.3) is 0 Å². The van der Waals surface area contributed by atoms with Gasteiger partial charge in [-0.15, -0.1) is 0 Å². The van der Waals surface area contributed by atoms with Crippen LogP contribution < -0.4 is 5.32 Å². The van der Waals surface area contributed by atoms with E-state index >= 15 is 0 Å². The molecular formula is C26H34N2O6. The summed E-state index contributed by atoms with van der Waals surface area (Å²) in [7, 11) is 1.31. The second-order valence-corrected chi connectivity index (χ2v) is 9.71. The van der Waals surface area contributed by atoms with E-state index in [4.69, 9.17) is 4.74 Å². The van der Waals surface area contributed by atoms with Crippen LogP contribution in [-0.4, -0.2) is 65.9 Å². The number of carbonyl (C=O) groups excluding carboxylic acids is 3. The van der Waals surface area contributed by atoms with Crippen molar-refractivity contribution in [3.05, 3.63) is 59.2 Å². The first kappa shape index (κ1) is 25.5. The SMILES string of the molecule is COC(=O)C1=CCC(C(=O)NC[C@@H](O)CN(C(=O)OC(C)(C)C)C2Cc3ccccc3C2)C=C1. The molecule has 0 spiro atoms. The largest absolute Gasteiger partial charge is 0.465 e. The first-order chi connectivity index (χ1) is 16.1. The molecule has 0 aliphatic heterocycles. The second kappa shape index (κ2) is 10.9. The highest BCUT2D eigenvalue weighted by Gasteiger charge is 2.34. The van der Waals surface area contributed by atoms with Crippen LogP contribution in [0.3, 0.4) is 0 Å². The topological polar surface area (TPSA) is 105 Å². The number of amides is 2. The Balaban J connectivity index is 1.58. The van der Waals surface area contributed by atoms with Gasteiger partial charge in [-0.25, -0.2) is 9.59 Å². The average molecular weight is 471 g/mol. The Labute approximate surface area is 200 Å². The molecule has 0 radical (unpaired) electrons. The number of aliphatic hydroxyl groups excluding tert-OH is 1. The molecule has 8 nitrogen and oxygen atoms in total. The molecular weight excluding hydrogens is 436 g/mol. The van der Waals surface area contributed by atoms with Crippen LogP contribution in [0.5, 0.6) is 0 Å². The average Bonchev–Trinajstić information content (AvgIpc) is 3.23. The third-order valence-corrected chi connectivity index (χ3v) is 5.88. The monoisotopic (exact) mass is 470 g/mol. The fraction of sp³-hybridized carbons (Fsp3) is 0.500. The molecule has 1 aromatic carbocycles. The van der Waals surface area contributed by atoms with Crippen molar-refractivity contribution >= 4 is 18.0 Å². The number of benzene rings is 1. The Bertz CT molecular complexity index is 953. The van der Waals surface area contributed by atoms with Gasteiger partial charge in [0.05, 0.1) is 31.2 Å².